The number of phenolic OH excluding ortho intramolecular Hbond substituents is 1. The molecular formula is C15H18N2O3S. The Bertz CT molecular complexity index is 695. The zero-order valence-corrected chi connectivity index (χ0v) is 12.8. The second-order valence-corrected chi connectivity index (χ2v) is 7.04. The van der Waals surface area contributed by atoms with E-state index in [1.165, 1.54) is 12.3 Å². The number of hydrogen-bond acceptors (Lipinski definition) is 5. The molecule has 1 aromatic carbocycles. The van der Waals surface area contributed by atoms with Gasteiger partial charge in [-0.3, -0.25) is 0 Å². The molecule has 0 spiro atoms. The maximum atomic E-state index is 11.3. The normalized spacial score (nSPS) is 12.9. The first-order chi connectivity index (χ1) is 9.84. The Kier molecular flexibility index (Phi) is 4.47. The van der Waals surface area contributed by atoms with E-state index in [1.807, 2.05) is 19.1 Å². The summed E-state index contributed by atoms with van der Waals surface area (Å²) >= 11 is 0. The predicted molar refractivity (Wildman–Crippen MR) is 82.2 cm³/mol. The Labute approximate surface area is 124 Å². The van der Waals surface area contributed by atoms with Gasteiger partial charge < -0.3 is 10.4 Å². The average Bonchev–Trinajstić information content (AvgIpc) is 2.41. The highest BCUT2D eigenvalue weighted by atomic mass is 32.2. The summed E-state index contributed by atoms with van der Waals surface area (Å²) in [5.74, 6) is 0.250. The average molecular weight is 306 g/mol. The van der Waals surface area contributed by atoms with Crippen molar-refractivity contribution >= 4 is 15.5 Å². The Morgan fingerprint density at radius 2 is 1.86 bits per heavy atom. The number of rotatable bonds is 5. The fraction of sp³-hybridized carbons (Fsp3) is 0.267. The zero-order valence-electron chi connectivity index (χ0n) is 11.9. The van der Waals surface area contributed by atoms with Gasteiger partial charge in [-0.05, 0) is 43.2 Å². The SMILES string of the molecule is CC(Cc1ccc(O)cc1)Nc1ccc(S(C)(=O)=O)nc1. The fourth-order valence-corrected chi connectivity index (χ4v) is 2.57. The number of pyridine rings is 1. The molecule has 1 atom stereocenters. The van der Waals surface area contributed by atoms with Gasteiger partial charge >= 0.3 is 0 Å². The van der Waals surface area contributed by atoms with Gasteiger partial charge in [0, 0.05) is 12.3 Å². The number of hydrogen-bond donors (Lipinski definition) is 2. The molecule has 2 N–H and O–H groups in total. The van der Waals surface area contributed by atoms with Gasteiger partial charge in [-0.25, -0.2) is 13.4 Å². The summed E-state index contributed by atoms with van der Waals surface area (Å²) in [5, 5.41) is 12.6. The van der Waals surface area contributed by atoms with E-state index < -0.39 is 9.84 Å². The van der Waals surface area contributed by atoms with E-state index in [0.29, 0.717) is 0 Å². The molecule has 21 heavy (non-hydrogen) atoms. The lowest BCUT2D eigenvalue weighted by atomic mass is 10.1. The van der Waals surface area contributed by atoms with Crippen LogP contribution in [0.25, 0.3) is 0 Å². The van der Waals surface area contributed by atoms with Gasteiger partial charge in [0.05, 0.1) is 11.9 Å². The summed E-state index contributed by atoms with van der Waals surface area (Å²) in [6.07, 6.45) is 3.44. The third-order valence-corrected chi connectivity index (χ3v) is 4.01. The van der Waals surface area contributed by atoms with E-state index in [4.69, 9.17) is 0 Å². The molecule has 112 valence electrons. The van der Waals surface area contributed by atoms with Crippen LogP contribution in [0.3, 0.4) is 0 Å². The number of phenols is 1. The fourth-order valence-electron chi connectivity index (χ4n) is 2.01. The first-order valence-electron chi connectivity index (χ1n) is 6.55. The Balaban J connectivity index is 1.99. The minimum Gasteiger partial charge on any atom is -0.508 e. The van der Waals surface area contributed by atoms with Crippen LogP contribution in [0.2, 0.25) is 0 Å². The van der Waals surface area contributed by atoms with Gasteiger partial charge in [-0.15, -0.1) is 0 Å². The quantitative estimate of drug-likeness (QED) is 0.885. The number of nitrogens with one attached hydrogen (secondary N) is 1. The van der Waals surface area contributed by atoms with Crippen LogP contribution in [0.4, 0.5) is 5.69 Å². The Morgan fingerprint density at radius 3 is 2.38 bits per heavy atom. The summed E-state index contributed by atoms with van der Waals surface area (Å²) < 4.78 is 22.7. The topological polar surface area (TPSA) is 79.3 Å². The molecule has 1 aromatic heterocycles. The van der Waals surface area contributed by atoms with Gasteiger partial charge in [-0.1, -0.05) is 12.1 Å². The van der Waals surface area contributed by atoms with Crippen LogP contribution in [0.1, 0.15) is 12.5 Å². The summed E-state index contributed by atoms with van der Waals surface area (Å²) in [5.41, 5.74) is 1.88. The molecule has 0 fully saturated rings. The lowest BCUT2D eigenvalue weighted by molar-refractivity contribution is 0.475. The van der Waals surface area contributed by atoms with Crippen LogP contribution < -0.4 is 5.32 Å². The summed E-state index contributed by atoms with van der Waals surface area (Å²) in [7, 11) is -3.26. The molecule has 0 aliphatic carbocycles. The number of benzene rings is 1. The van der Waals surface area contributed by atoms with Gasteiger partial charge in [0.1, 0.15) is 5.75 Å². The van der Waals surface area contributed by atoms with E-state index in [9.17, 15) is 13.5 Å². The van der Waals surface area contributed by atoms with Gasteiger partial charge in [0.15, 0.2) is 14.9 Å². The van der Waals surface area contributed by atoms with Crippen molar-refractivity contribution in [1.29, 1.82) is 0 Å². The van der Waals surface area contributed by atoms with Crippen molar-refractivity contribution in [3.05, 3.63) is 48.2 Å². The van der Waals surface area contributed by atoms with Crippen LogP contribution in [0.15, 0.2) is 47.6 Å². The van der Waals surface area contributed by atoms with Gasteiger partial charge in [0.2, 0.25) is 0 Å². The van der Waals surface area contributed by atoms with E-state index in [2.05, 4.69) is 10.3 Å². The number of aromatic hydroxyl groups is 1. The van der Waals surface area contributed by atoms with Crippen LogP contribution in [-0.2, 0) is 16.3 Å². The minimum absolute atomic E-state index is 0.0687. The van der Waals surface area contributed by atoms with E-state index in [0.717, 1.165) is 23.9 Å². The first kappa shape index (κ1) is 15.3. The van der Waals surface area contributed by atoms with Crippen LogP contribution in [-0.4, -0.2) is 30.8 Å². The summed E-state index contributed by atoms with van der Waals surface area (Å²) in [6.45, 7) is 2.03. The number of nitrogens with zero attached hydrogens (tertiary/aromatic N) is 1. The van der Waals surface area contributed by atoms with E-state index in [-0.39, 0.29) is 16.8 Å². The molecule has 1 unspecified atom stereocenters. The first-order valence-corrected chi connectivity index (χ1v) is 8.44. The minimum atomic E-state index is -3.26. The zero-order chi connectivity index (χ0) is 15.5. The molecule has 0 saturated carbocycles. The van der Waals surface area contributed by atoms with Crippen molar-refractivity contribution in [3.63, 3.8) is 0 Å². The van der Waals surface area contributed by atoms with Crippen molar-refractivity contribution in [2.24, 2.45) is 0 Å². The molecule has 6 heteroatoms. The molecule has 2 rings (SSSR count). The summed E-state index contributed by atoms with van der Waals surface area (Å²) in [4.78, 5) is 3.94. The Morgan fingerprint density at radius 1 is 1.19 bits per heavy atom. The maximum Gasteiger partial charge on any atom is 0.192 e. The third-order valence-electron chi connectivity index (χ3n) is 3.01. The number of aromatic nitrogens is 1. The molecule has 1 heterocycles. The molecule has 0 aliphatic heterocycles. The maximum absolute atomic E-state index is 11.3. The summed E-state index contributed by atoms with van der Waals surface area (Å²) in [6, 6.07) is 10.4. The number of sulfone groups is 1. The Hall–Kier alpha value is -2.08. The second kappa shape index (κ2) is 6.13. The lowest BCUT2D eigenvalue weighted by Crippen LogP contribution is -2.18. The van der Waals surface area contributed by atoms with Gasteiger partial charge in [0.25, 0.3) is 0 Å². The van der Waals surface area contributed by atoms with Crippen molar-refractivity contribution in [2.75, 3.05) is 11.6 Å². The molecular weight excluding hydrogens is 288 g/mol. The van der Waals surface area contributed by atoms with Gasteiger partial charge in [-0.2, -0.15) is 0 Å². The monoisotopic (exact) mass is 306 g/mol. The van der Waals surface area contributed by atoms with E-state index in [1.54, 1.807) is 18.2 Å². The molecule has 0 bridgehead atoms. The van der Waals surface area contributed by atoms with Crippen molar-refractivity contribution in [3.8, 4) is 5.75 Å². The highest BCUT2D eigenvalue weighted by Crippen LogP contribution is 2.15. The van der Waals surface area contributed by atoms with E-state index >= 15 is 0 Å². The van der Waals surface area contributed by atoms with Crippen LogP contribution in [0, 0.1) is 0 Å². The highest BCUT2D eigenvalue weighted by Gasteiger charge is 2.09. The third kappa shape index (κ3) is 4.46. The second-order valence-electron chi connectivity index (χ2n) is 5.07. The molecule has 5 nitrogen and oxygen atoms in total. The highest BCUT2D eigenvalue weighted by molar-refractivity contribution is 7.90. The van der Waals surface area contributed by atoms with Crippen molar-refractivity contribution in [2.45, 2.75) is 24.4 Å². The smallest absolute Gasteiger partial charge is 0.192 e. The molecule has 0 saturated heterocycles. The number of anilines is 1. The predicted octanol–water partition coefficient (Wildman–Crippen LogP) is 2.23. The molecule has 0 amide bonds. The van der Waals surface area contributed by atoms with Crippen LogP contribution >= 0.6 is 0 Å². The van der Waals surface area contributed by atoms with Crippen LogP contribution in [0.5, 0.6) is 5.75 Å². The standard InChI is InChI=1S/C15H18N2O3S/c1-11(9-12-3-6-14(18)7-4-12)17-13-5-8-15(16-10-13)21(2,19)20/h3-8,10-11,17-18H,9H2,1-2H3. The van der Waals surface area contributed by atoms with Crippen molar-refractivity contribution in [1.82, 2.24) is 4.98 Å². The largest absolute Gasteiger partial charge is 0.508 e. The molecule has 0 radical (unpaired) electrons. The van der Waals surface area contributed by atoms with Crippen molar-refractivity contribution < 1.29 is 13.5 Å². The molecule has 2 aromatic rings. The molecule has 0 aliphatic rings. The lowest BCUT2D eigenvalue weighted by Gasteiger charge is -2.15.